The minimum absolute atomic E-state index is 0.220. The number of benzene rings is 3. The van der Waals surface area contributed by atoms with Crippen LogP contribution in [0.2, 0.25) is 0 Å². The number of hydrogen-bond acceptors (Lipinski definition) is 6. The number of halogens is 1. The fourth-order valence-corrected chi connectivity index (χ4v) is 3.01. The van der Waals surface area contributed by atoms with Crippen LogP contribution < -0.4 is 15.4 Å². The number of para-hydroxylation sites is 1. The number of rotatable bonds is 7. The maximum atomic E-state index is 13.1. The molecule has 0 aliphatic rings. The van der Waals surface area contributed by atoms with Crippen molar-refractivity contribution in [2.24, 2.45) is 0 Å². The third-order valence-electron chi connectivity index (χ3n) is 4.63. The minimum Gasteiger partial charge on any atom is -0.497 e. The van der Waals surface area contributed by atoms with Gasteiger partial charge < -0.3 is 15.4 Å². The van der Waals surface area contributed by atoms with Crippen molar-refractivity contribution in [1.29, 1.82) is 0 Å². The van der Waals surface area contributed by atoms with Crippen LogP contribution in [0.3, 0.4) is 0 Å². The van der Waals surface area contributed by atoms with Crippen molar-refractivity contribution in [2.45, 2.75) is 6.54 Å². The van der Waals surface area contributed by atoms with Gasteiger partial charge in [0.1, 0.15) is 18.1 Å². The van der Waals surface area contributed by atoms with E-state index in [0.29, 0.717) is 28.3 Å². The molecule has 1 aromatic heterocycles. The van der Waals surface area contributed by atoms with Gasteiger partial charge in [0.15, 0.2) is 0 Å². The van der Waals surface area contributed by atoms with Gasteiger partial charge >= 0.3 is 0 Å². The molecule has 3 aromatic carbocycles. The van der Waals surface area contributed by atoms with Gasteiger partial charge in [0.05, 0.1) is 18.4 Å². The second kappa shape index (κ2) is 9.69. The molecule has 0 spiro atoms. The highest BCUT2D eigenvalue weighted by Crippen LogP contribution is 2.20. The lowest BCUT2D eigenvalue weighted by Crippen LogP contribution is -2.22. The van der Waals surface area contributed by atoms with Crippen LogP contribution in [0.5, 0.6) is 5.75 Å². The molecule has 4 rings (SSSR count). The third kappa shape index (κ3) is 5.37. The van der Waals surface area contributed by atoms with Gasteiger partial charge in [0.2, 0.25) is 11.7 Å². The maximum Gasteiger partial charge on any atom is 0.257 e. The molecule has 9 nitrogen and oxygen atoms in total. The maximum absolute atomic E-state index is 13.1. The molecular weight excluding hydrogens is 427 g/mol. The van der Waals surface area contributed by atoms with Crippen LogP contribution in [0, 0.1) is 5.82 Å². The number of tetrazole rings is 1. The fraction of sp³-hybridized carbons (Fsp3) is 0.0870. The normalized spacial score (nSPS) is 10.5. The molecule has 0 aliphatic carbocycles. The second-order valence-electron chi connectivity index (χ2n) is 6.93. The predicted molar refractivity (Wildman–Crippen MR) is 119 cm³/mol. The van der Waals surface area contributed by atoms with Gasteiger partial charge in [-0.3, -0.25) is 9.59 Å². The Morgan fingerprint density at radius 3 is 2.42 bits per heavy atom. The van der Waals surface area contributed by atoms with Gasteiger partial charge in [0, 0.05) is 11.3 Å². The summed E-state index contributed by atoms with van der Waals surface area (Å²) in [5.74, 6) is -0.261. The first-order valence-electron chi connectivity index (χ1n) is 9.90. The van der Waals surface area contributed by atoms with E-state index < -0.39 is 5.91 Å². The molecule has 0 bridgehead atoms. The summed E-state index contributed by atoms with van der Waals surface area (Å²) in [6, 6.07) is 19.2. The van der Waals surface area contributed by atoms with Crippen molar-refractivity contribution in [3.63, 3.8) is 0 Å². The monoisotopic (exact) mass is 446 g/mol. The number of methoxy groups -OCH3 is 1. The summed E-state index contributed by atoms with van der Waals surface area (Å²) in [6.07, 6.45) is 0. The predicted octanol–water partition coefficient (Wildman–Crippen LogP) is 3.38. The van der Waals surface area contributed by atoms with Gasteiger partial charge in [-0.15, -0.1) is 10.2 Å². The van der Waals surface area contributed by atoms with Crippen LogP contribution in [0.1, 0.15) is 10.4 Å². The largest absolute Gasteiger partial charge is 0.497 e. The number of carbonyl (C=O) groups is 2. The van der Waals surface area contributed by atoms with E-state index in [1.807, 2.05) is 0 Å². The lowest BCUT2D eigenvalue weighted by atomic mass is 10.1. The van der Waals surface area contributed by atoms with E-state index in [1.54, 1.807) is 55.6 Å². The van der Waals surface area contributed by atoms with Crippen LogP contribution in [-0.2, 0) is 11.3 Å². The first kappa shape index (κ1) is 21.6. The molecule has 0 aliphatic heterocycles. The highest BCUT2D eigenvalue weighted by Gasteiger charge is 2.15. The first-order chi connectivity index (χ1) is 16.0. The number of aromatic nitrogens is 4. The van der Waals surface area contributed by atoms with Crippen LogP contribution in [0.4, 0.5) is 15.8 Å². The standard InChI is InChI=1S/C23H19FN6O3/c1-33-18-12-10-17(11-13-18)25-23(32)19-4-2-3-5-20(19)26-21(31)14-30-28-22(27-29-30)15-6-8-16(24)9-7-15/h2-13H,14H2,1H3,(H,25,32)(H,26,31). The Kier molecular flexibility index (Phi) is 6.35. The molecular formula is C23H19FN6O3. The summed E-state index contributed by atoms with van der Waals surface area (Å²) < 4.78 is 18.2. The van der Waals surface area contributed by atoms with E-state index in [4.69, 9.17) is 4.74 Å². The highest BCUT2D eigenvalue weighted by atomic mass is 19.1. The smallest absolute Gasteiger partial charge is 0.257 e. The lowest BCUT2D eigenvalue weighted by molar-refractivity contribution is -0.117. The molecule has 2 N–H and O–H groups in total. The molecule has 0 atom stereocenters. The molecule has 0 unspecified atom stereocenters. The van der Waals surface area contributed by atoms with Crippen molar-refractivity contribution in [1.82, 2.24) is 20.2 Å². The Bertz CT molecular complexity index is 1270. The van der Waals surface area contributed by atoms with Crippen LogP contribution in [0.15, 0.2) is 72.8 Å². The molecule has 166 valence electrons. The van der Waals surface area contributed by atoms with Crippen LogP contribution >= 0.6 is 0 Å². The summed E-state index contributed by atoms with van der Waals surface area (Å²) in [7, 11) is 1.56. The Morgan fingerprint density at radius 2 is 1.70 bits per heavy atom. The van der Waals surface area contributed by atoms with E-state index in [9.17, 15) is 14.0 Å². The number of carbonyl (C=O) groups excluding carboxylic acids is 2. The van der Waals surface area contributed by atoms with Gasteiger partial charge in [0.25, 0.3) is 5.91 Å². The van der Waals surface area contributed by atoms with Gasteiger partial charge in [-0.1, -0.05) is 12.1 Å². The molecule has 4 aromatic rings. The summed E-state index contributed by atoms with van der Waals surface area (Å²) in [5.41, 5.74) is 1.79. The number of nitrogens with zero attached hydrogens (tertiary/aromatic N) is 4. The van der Waals surface area contributed by atoms with E-state index >= 15 is 0 Å². The molecule has 0 fully saturated rings. The Balaban J connectivity index is 1.42. The SMILES string of the molecule is COc1ccc(NC(=O)c2ccccc2NC(=O)Cn2nnc(-c3ccc(F)cc3)n2)cc1. The topological polar surface area (TPSA) is 111 Å². The summed E-state index contributed by atoms with van der Waals surface area (Å²) >= 11 is 0. The van der Waals surface area contributed by atoms with Crippen molar-refractivity contribution < 1.29 is 18.7 Å². The van der Waals surface area contributed by atoms with E-state index in [1.165, 1.54) is 24.3 Å². The summed E-state index contributed by atoms with van der Waals surface area (Å²) in [5, 5.41) is 17.4. The number of hydrogen-bond donors (Lipinski definition) is 2. The molecule has 2 amide bonds. The average Bonchev–Trinajstić information content (AvgIpc) is 3.28. The quantitative estimate of drug-likeness (QED) is 0.450. The van der Waals surface area contributed by atoms with Crippen LogP contribution in [-0.4, -0.2) is 39.1 Å². The fourth-order valence-electron chi connectivity index (χ4n) is 3.01. The highest BCUT2D eigenvalue weighted by molar-refractivity contribution is 6.10. The molecule has 0 radical (unpaired) electrons. The van der Waals surface area contributed by atoms with E-state index in [-0.39, 0.29) is 24.1 Å². The van der Waals surface area contributed by atoms with Crippen LogP contribution in [0.25, 0.3) is 11.4 Å². The lowest BCUT2D eigenvalue weighted by Gasteiger charge is -2.11. The molecule has 1 heterocycles. The molecule has 0 saturated heterocycles. The van der Waals surface area contributed by atoms with Crippen molar-refractivity contribution in [3.05, 3.63) is 84.2 Å². The zero-order valence-electron chi connectivity index (χ0n) is 17.5. The van der Waals surface area contributed by atoms with Crippen molar-refractivity contribution >= 4 is 23.2 Å². The number of anilines is 2. The summed E-state index contributed by atoms with van der Waals surface area (Å²) in [6.45, 7) is -0.220. The van der Waals surface area contributed by atoms with Crippen molar-refractivity contribution in [2.75, 3.05) is 17.7 Å². The second-order valence-corrected chi connectivity index (χ2v) is 6.93. The van der Waals surface area contributed by atoms with Gasteiger partial charge in [-0.05, 0) is 65.9 Å². The van der Waals surface area contributed by atoms with E-state index in [0.717, 1.165) is 4.80 Å². The number of ether oxygens (including phenoxy) is 1. The summed E-state index contributed by atoms with van der Waals surface area (Å²) in [4.78, 5) is 26.4. The average molecular weight is 446 g/mol. The van der Waals surface area contributed by atoms with Gasteiger partial charge in [-0.25, -0.2) is 4.39 Å². The first-order valence-corrected chi connectivity index (χ1v) is 9.90. The van der Waals surface area contributed by atoms with Gasteiger partial charge in [-0.2, -0.15) is 4.80 Å². The zero-order chi connectivity index (χ0) is 23.2. The Labute approximate surface area is 188 Å². The number of nitrogens with one attached hydrogen (secondary N) is 2. The molecule has 10 heteroatoms. The molecule has 0 saturated carbocycles. The van der Waals surface area contributed by atoms with Crippen molar-refractivity contribution in [3.8, 4) is 17.1 Å². The Morgan fingerprint density at radius 1 is 0.970 bits per heavy atom. The van der Waals surface area contributed by atoms with E-state index in [2.05, 4.69) is 26.0 Å². The minimum atomic E-state index is -0.442. The Hall–Kier alpha value is -4.60. The number of amides is 2. The zero-order valence-corrected chi connectivity index (χ0v) is 17.5. The molecule has 33 heavy (non-hydrogen) atoms. The third-order valence-corrected chi connectivity index (χ3v) is 4.63.